The average molecular weight is 1560 g/mol. The van der Waals surface area contributed by atoms with E-state index in [4.69, 9.17) is 44.9 Å². The molecule has 0 spiro atoms. The van der Waals surface area contributed by atoms with Crippen molar-refractivity contribution in [3.63, 3.8) is 0 Å². The predicted octanol–water partition coefficient (Wildman–Crippen LogP) is 10.2. The van der Waals surface area contributed by atoms with Gasteiger partial charge in [0.15, 0.2) is 22.7 Å². The average Bonchev–Trinajstić information content (AvgIpc) is 0.933. The molecule has 2 saturated carbocycles. The van der Waals surface area contributed by atoms with Crippen molar-refractivity contribution in [3.05, 3.63) is 145 Å². The molecule has 0 radical (unpaired) electrons. The van der Waals surface area contributed by atoms with Gasteiger partial charge in [0.1, 0.15) is 41.6 Å². The van der Waals surface area contributed by atoms with Crippen LogP contribution in [0.25, 0.3) is 43.9 Å². The van der Waals surface area contributed by atoms with Crippen molar-refractivity contribution in [2.24, 2.45) is 0 Å². The highest BCUT2D eigenvalue weighted by atomic mass is 79.9. The van der Waals surface area contributed by atoms with E-state index in [1.165, 1.54) is 58.1 Å². The first-order valence-electron chi connectivity index (χ1n) is 38.4. The highest BCUT2D eigenvalue weighted by Gasteiger charge is 2.23. The first-order chi connectivity index (χ1) is 51.8. The molecule has 0 atom stereocenters. The van der Waals surface area contributed by atoms with Crippen LogP contribution < -0.4 is 35.7 Å². The number of alkyl halides is 1. The fraction of sp³-hybridized carbons (Fsp3) is 0.537. The minimum absolute atomic E-state index is 0.0219. The van der Waals surface area contributed by atoms with Crippen LogP contribution in [0, 0.1) is 13.8 Å². The summed E-state index contributed by atoms with van der Waals surface area (Å²) in [4.78, 5) is 77.6. The molecule has 2 aliphatic carbocycles. The topological polar surface area (TPSA) is 238 Å². The van der Waals surface area contributed by atoms with E-state index in [9.17, 15) is 19.2 Å². The molecule has 4 N–H and O–H groups in total. The van der Waals surface area contributed by atoms with Gasteiger partial charge in [0.05, 0.1) is 40.5 Å². The summed E-state index contributed by atoms with van der Waals surface area (Å²) in [5, 5.41) is 26.0. The Morgan fingerprint density at radius 2 is 0.925 bits per heavy atom. The highest BCUT2D eigenvalue weighted by Crippen LogP contribution is 2.33. The van der Waals surface area contributed by atoms with Crippen LogP contribution in [0.5, 0.6) is 28.7 Å². The first kappa shape index (κ1) is 82.2. The molecular formula is C82H112BrClN12O11. The minimum Gasteiger partial charge on any atom is -0.506 e. The third kappa shape index (κ3) is 25.9. The van der Waals surface area contributed by atoms with E-state index in [1.807, 2.05) is 62.4 Å². The molecule has 0 bridgehead atoms. The van der Waals surface area contributed by atoms with Gasteiger partial charge in [-0.3, -0.25) is 48.7 Å². The summed E-state index contributed by atoms with van der Waals surface area (Å²) in [6, 6.07) is 26.1. The number of carbonyl (C=O) groups is 2. The standard InChI is InChI=1S/C34H40N4O5.C21H23BrN2O3.C13H18N2O2.C7H15ClN2.C7H16N2O/c1-23-19-29-33(40)28-11-10-26(42-27-9-7-24(35-22-27)8-12-32(39)36-25-5-3-4-6-25)21-30(28)43-34(29)31(20-23)41-18-17-38-15-13-37(2)14-16-38;1-14-11-17-20(25)16-4-3-15(22)13-18(16)27-21(17)19(12-14)26-10-9-24-7-5-23(2)6-8-24;16-12-7-5-10(14-9-12)6-8-13(17)15-11-3-1-2-4-11;1-9-4-6-10(3-2-8)7-5-9;1-8-2-4-9(5-3-8)6-7-10/h7,9-11,19-22,25H,3-6,8,12-18H2,1-2H3,(H,36,39);3-4,11-13H,5-10H2,1-2H3;5,7,9,11,16H,1-4,6,8H2,(H,15,17);2-7H2,1H3;10H,2-7H2,1H3. The Morgan fingerprint density at radius 1 is 0.514 bits per heavy atom. The van der Waals surface area contributed by atoms with E-state index < -0.39 is 0 Å². The summed E-state index contributed by atoms with van der Waals surface area (Å²) in [5.41, 5.74) is 5.45. The number of β-amino-alcohol motifs (C(OH)–C–C–N with tert-alkyl or cyclic N) is 1. The number of nitrogens with one attached hydrogen (secondary N) is 2. The van der Waals surface area contributed by atoms with E-state index in [-0.39, 0.29) is 28.4 Å². The number of aliphatic hydroxyl groups excluding tert-OH is 1. The van der Waals surface area contributed by atoms with Crippen LogP contribution >= 0.6 is 27.5 Å². The van der Waals surface area contributed by atoms with Gasteiger partial charge in [0.2, 0.25) is 22.7 Å². The largest absolute Gasteiger partial charge is 0.506 e. The first-order valence-corrected chi connectivity index (χ1v) is 39.7. The van der Waals surface area contributed by atoms with Crippen LogP contribution in [0.2, 0.25) is 0 Å². The van der Waals surface area contributed by atoms with E-state index in [0.29, 0.717) is 124 Å². The number of rotatable bonds is 22. The number of nitrogens with zero attached hydrogens (tertiary/aromatic N) is 10. The van der Waals surface area contributed by atoms with Crippen molar-refractivity contribution in [1.29, 1.82) is 0 Å². The number of hydrogen-bond acceptors (Lipinski definition) is 21. The van der Waals surface area contributed by atoms with Crippen molar-refractivity contribution in [3.8, 4) is 28.7 Å². The number of halogens is 2. The maximum Gasteiger partial charge on any atom is 0.220 e. The van der Waals surface area contributed by atoms with Crippen LogP contribution in [0.1, 0.15) is 86.7 Å². The smallest absolute Gasteiger partial charge is 0.220 e. The number of aromatic hydroxyl groups is 1. The van der Waals surface area contributed by atoms with Gasteiger partial charge in [-0.15, -0.1) is 11.6 Å². The Hall–Kier alpha value is -7.33. The second-order valence-electron chi connectivity index (χ2n) is 29.3. The van der Waals surface area contributed by atoms with Gasteiger partial charge in [-0.05, 0) is 171 Å². The number of amides is 2. The fourth-order valence-electron chi connectivity index (χ4n) is 14.0. The molecule has 8 heterocycles. The van der Waals surface area contributed by atoms with Gasteiger partial charge < -0.3 is 63.5 Å². The summed E-state index contributed by atoms with van der Waals surface area (Å²) >= 11 is 9.06. The number of hydrogen-bond donors (Lipinski definition) is 4. The maximum absolute atomic E-state index is 13.4. The van der Waals surface area contributed by atoms with E-state index in [1.54, 1.807) is 42.6 Å². The Balaban J connectivity index is 0.000000161. The molecule has 2 amide bonds. The number of benzene rings is 4. The van der Waals surface area contributed by atoms with Crippen LogP contribution in [0.15, 0.2) is 120 Å². The number of carbonyl (C=O) groups excluding carboxylic acids is 2. The normalized spacial score (nSPS) is 17.7. The van der Waals surface area contributed by atoms with E-state index >= 15 is 0 Å². The zero-order chi connectivity index (χ0) is 75.6. The van der Waals surface area contributed by atoms with Crippen LogP contribution in [-0.4, -0.2) is 268 Å². The van der Waals surface area contributed by atoms with Crippen molar-refractivity contribution < 1.29 is 42.8 Å². The van der Waals surface area contributed by atoms with Crippen molar-refractivity contribution in [2.75, 3.05) is 185 Å². The third-order valence-corrected chi connectivity index (χ3v) is 21.4. The highest BCUT2D eigenvalue weighted by molar-refractivity contribution is 9.10. The number of piperazine rings is 4. The van der Waals surface area contributed by atoms with Crippen molar-refractivity contribution in [1.82, 2.24) is 59.8 Å². The zero-order valence-electron chi connectivity index (χ0n) is 63.6. The Morgan fingerprint density at radius 3 is 1.35 bits per heavy atom. The van der Waals surface area contributed by atoms with Crippen molar-refractivity contribution >= 4 is 83.2 Å². The van der Waals surface area contributed by atoms with Gasteiger partial charge in [-0.25, -0.2) is 0 Å². The Kier molecular flexibility index (Phi) is 32.3. The summed E-state index contributed by atoms with van der Waals surface area (Å²) in [6.45, 7) is 26.6. The molecule has 4 aromatic heterocycles. The molecule has 4 aromatic carbocycles. The molecule has 6 fully saturated rings. The number of fused-ring (bicyclic) bond motifs is 4. The summed E-state index contributed by atoms with van der Waals surface area (Å²) in [6.07, 6.45) is 14.4. The lowest BCUT2D eigenvalue weighted by molar-refractivity contribution is -0.122. The van der Waals surface area contributed by atoms with Crippen LogP contribution in [0.3, 0.4) is 0 Å². The lowest BCUT2D eigenvalue weighted by atomic mass is 10.1. The van der Waals surface area contributed by atoms with E-state index in [2.05, 4.69) is 104 Å². The number of aliphatic hydroxyl groups is 1. The van der Waals surface area contributed by atoms with E-state index in [0.717, 1.165) is 163 Å². The van der Waals surface area contributed by atoms with Crippen LogP contribution in [-0.2, 0) is 22.4 Å². The number of pyridine rings is 2. The number of likely N-dealkylation sites (N-methyl/N-ethyl adjacent to an activating group) is 4. The number of aromatic nitrogens is 2. The van der Waals surface area contributed by atoms with Gasteiger partial charge in [0, 0.05) is 184 Å². The van der Waals surface area contributed by atoms with Gasteiger partial charge in [-0.1, -0.05) is 41.6 Å². The lowest BCUT2D eigenvalue weighted by Crippen LogP contribution is -2.45. The quantitative estimate of drug-likeness (QED) is 0.0364. The van der Waals surface area contributed by atoms with Gasteiger partial charge in [-0.2, -0.15) is 0 Å². The summed E-state index contributed by atoms with van der Waals surface area (Å²) in [7, 11) is 8.59. The molecule has 4 aliphatic heterocycles. The molecule has 6 aliphatic rings. The third-order valence-electron chi connectivity index (χ3n) is 20.7. The molecule has 8 aromatic rings. The molecule has 107 heavy (non-hydrogen) atoms. The molecular weight excluding hydrogens is 1440 g/mol. The Labute approximate surface area is 643 Å². The number of ether oxygens (including phenoxy) is 3. The molecule has 4 saturated heterocycles. The summed E-state index contributed by atoms with van der Waals surface area (Å²) in [5.74, 6) is 3.41. The minimum atomic E-state index is -0.0987. The SMILES string of the molecule is CN1CCN(CCCl)CC1.CN1CCN(CCO)CC1.Cc1cc(OCCN2CCN(C)CC2)c2oc3cc(Br)ccc3c(=O)c2c1.Cc1cc(OCCN2CCN(C)CC2)c2oc3cc(Oc4ccc(CCC(=O)NC5CCCC5)nc4)ccc3c(=O)c2c1.O=C(CCc1ccc(O)cn1)NC1CCCC1. The Bertz CT molecular complexity index is 4200. The number of aryl methyl sites for hydroxylation is 4. The van der Waals surface area contributed by atoms with Crippen LogP contribution in [0.4, 0.5) is 0 Å². The van der Waals surface area contributed by atoms with Gasteiger partial charge in [0.25, 0.3) is 0 Å². The van der Waals surface area contributed by atoms with Gasteiger partial charge >= 0.3 is 0 Å². The zero-order valence-corrected chi connectivity index (χ0v) is 66.0. The lowest BCUT2D eigenvalue weighted by Gasteiger charge is -2.32. The molecule has 14 rings (SSSR count). The molecule has 23 nitrogen and oxygen atoms in total. The molecule has 0 unspecified atom stereocenters. The summed E-state index contributed by atoms with van der Waals surface area (Å²) < 4.78 is 31.5. The maximum atomic E-state index is 13.4. The fourth-order valence-corrected chi connectivity index (χ4v) is 14.6. The second kappa shape index (κ2) is 42.0. The monoisotopic (exact) mass is 1550 g/mol. The second-order valence-corrected chi connectivity index (χ2v) is 30.6. The molecule has 25 heteroatoms. The van der Waals surface area contributed by atoms with Crippen molar-refractivity contribution in [2.45, 2.75) is 103 Å². The molecule has 580 valence electrons. The predicted molar refractivity (Wildman–Crippen MR) is 429 cm³/mol.